The Morgan fingerprint density at radius 1 is 0.844 bits per heavy atom. The fourth-order valence-corrected chi connectivity index (χ4v) is 4.59. The molecule has 0 spiro atoms. The van der Waals surface area contributed by atoms with Gasteiger partial charge in [0.15, 0.2) is 0 Å². The van der Waals surface area contributed by atoms with Crippen molar-refractivity contribution in [3.63, 3.8) is 0 Å². The van der Waals surface area contributed by atoms with Gasteiger partial charge in [-0.2, -0.15) is 0 Å². The van der Waals surface area contributed by atoms with Crippen LogP contribution in [0.5, 0.6) is 5.75 Å². The molecule has 0 radical (unpaired) electrons. The molecule has 2 aliphatic heterocycles. The minimum absolute atomic E-state index is 0.164. The number of carbonyl (C=O) groups excluding carboxylic acids is 2. The number of rotatable bonds is 5. The van der Waals surface area contributed by atoms with Crippen molar-refractivity contribution in [3.8, 4) is 5.75 Å². The van der Waals surface area contributed by atoms with E-state index in [1.807, 2.05) is 77.7 Å². The maximum atomic E-state index is 13.8. The molecule has 0 atom stereocenters. The molecule has 0 bridgehead atoms. The summed E-state index contributed by atoms with van der Waals surface area (Å²) in [6.07, 6.45) is 1.89. The van der Waals surface area contributed by atoms with Crippen LogP contribution in [-0.4, -0.2) is 30.4 Å². The topological polar surface area (TPSA) is 49.9 Å². The summed E-state index contributed by atoms with van der Waals surface area (Å²) in [6, 6.07) is 25.1. The lowest BCUT2D eigenvalue weighted by Gasteiger charge is -2.32. The fourth-order valence-electron chi connectivity index (χ4n) is 4.59. The highest BCUT2D eigenvalue weighted by Gasteiger charge is 2.42. The SMILES string of the molecule is COc1ccccc1CN1C(=O)C(c2ccccc2)=C(N2CCCc3ccccc32)C1=O. The lowest BCUT2D eigenvalue weighted by molar-refractivity contribution is -0.137. The van der Waals surface area contributed by atoms with E-state index < -0.39 is 0 Å². The van der Waals surface area contributed by atoms with Gasteiger partial charge >= 0.3 is 0 Å². The van der Waals surface area contributed by atoms with E-state index in [0.717, 1.165) is 29.7 Å². The van der Waals surface area contributed by atoms with Crippen LogP contribution in [0.25, 0.3) is 5.57 Å². The summed E-state index contributed by atoms with van der Waals surface area (Å²) in [5, 5.41) is 0. The second-order valence-electron chi connectivity index (χ2n) is 7.98. The van der Waals surface area contributed by atoms with Crippen LogP contribution in [0.4, 0.5) is 5.69 Å². The van der Waals surface area contributed by atoms with Gasteiger partial charge in [-0.3, -0.25) is 14.5 Å². The third-order valence-corrected chi connectivity index (χ3v) is 6.11. The van der Waals surface area contributed by atoms with Gasteiger partial charge in [0.25, 0.3) is 11.8 Å². The highest BCUT2D eigenvalue weighted by Crippen LogP contribution is 2.38. The quantitative estimate of drug-likeness (QED) is 0.569. The minimum Gasteiger partial charge on any atom is -0.496 e. The van der Waals surface area contributed by atoms with E-state index >= 15 is 0 Å². The van der Waals surface area contributed by atoms with Crippen LogP contribution in [0.1, 0.15) is 23.1 Å². The van der Waals surface area contributed by atoms with Crippen molar-refractivity contribution in [2.45, 2.75) is 19.4 Å². The largest absolute Gasteiger partial charge is 0.496 e. The molecule has 0 N–H and O–H groups in total. The van der Waals surface area contributed by atoms with Gasteiger partial charge in [0.2, 0.25) is 0 Å². The molecular weight excluding hydrogens is 400 g/mol. The van der Waals surface area contributed by atoms with E-state index in [1.54, 1.807) is 7.11 Å². The first-order valence-electron chi connectivity index (χ1n) is 10.8. The van der Waals surface area contributed by atoms with Crippen LogP contribution >= 0.6 is 0 Å². The molecule has 0 unspecified atom stereocenters. The molecule has 2 aliphatic rings. The van der Waals surface area contributed by atoms with Gasteiger partial charge in [0, 0.05) is 17.8 Å². The second-order valence-corrected chi connectivity index (χ2v) is 7.98. The molecule has 2 heterocycles. The predicted octanol–water partition coefficient (Wildman–Crippen LogP) is 4.43. The highest BCUT2D eigenvalue weighted by atomic mass is 16.5. The van der Waals surface area contributed by atoms with Crippen molar-refractivity contribution >= 4 is 23.1 Å². The van der Waals surface area contributed by atoms with Gasteiger partial charge in [-0.1, -0.05) is 66.7 Å². The molecule has 5 rings (SSSR count). The molecule has 160 valence electrons. The lowest BCUT2D eigenvalue weighted by atomic mass is 9.98. The zero-order chi connectivity index (χ0) is 22.1. The molecule has 5 heteroatoms. The van der Waals surface area contributed by atoms with Crippen LogP contribution in [0.3, 0.4) is 0 Å². The van der Waals surface area contributed by atoms with Crippen molar-refractivity contribution in [2.24, 2.45) is 0 Å². The molecule has 0 saturated heterocycles. The molecular formula is C27H24N2O3. The number of carbonyl (C=O) groups is 2. The number of amides is 2. The molecule has 0 aromatic heterocycles. The number of nitrogens with zero attached hydrogens (tertiary/aromatic N) is 2. The van der Waals surface area contributed by atoms with E-state index in [4.69, 9.17) is 4.74 Å². The van der Waals surface area contributed by atoms with Crippen LogP contribution in [0, 0.1) is 0 Å². The average molecular weight is 425 g/mol. The number of ether oxygens (including phenoxy) is 1. The van der Waals surface area contributed by atoms with Crippen molar-refractivity contribution in [1.82, 2.24) is 4.90 Å². The first-order valence-corrected chi connectivity index (χ1v) is 10.8. The number of methoxy groups -OCH3 is 1. The van der Waals surface area contributed by atoms with E-state index in [0.29, 0.717) is 23.6 Å². The number of imide groups is 1. The molecule has 2 amide bonds. The third-order valence-electron chi connectivity index (χ3n) is 6.11. The minimum atomic E-state index is -0.273. The molecule has 3 aromatic rings. The number of aryl methyl sites for hydroxylation is 1. The van der Waals surface area contributed by atoms with Crippen LogP contribution in [0.2, 0.25) is 0 Å². The zero-order valence-corrected chi connectivity index (χ0v) is 18.0. The van der Waals surface area contributed by atoms with Gasteiger partial charge in [-0.25, -0.2) is 0 Å². The van der Waals surface area contributed by atoms with E-state index in [-0.39, 0.29) is 18.4 Å². The second kappa shape index (κ2) is 8.35. The van der Waals surface area contributed by atoms with Crippen molar-refractivity contribution < 1.29 is 14.3 Å². The van der Waals surface area contributed by atoms with E-state index in [1.165, 1.54) is 10.5 Å². The van der Waals surface area contributed by atoms with Crippen LogP contribution in [0.15, 0.2) is 84.6 Å². The summed E-state index contributed by atoms with van der Waals surface area (Å²) in [7, 11) is 1.59. The number of hydrogen-bond donors (Lipinski definition) is 0. The fraction of sp³-hybridized carbons (Fsp3) is 0.185. The highest BCUT2D eigenvalue weighted by molar-refractivity contribution is 6.36. The van der Waals surface area contributed by atoms with Crippen molar-refractivity contribution in [1.29, 1.82) is 0 Å². The van der Waals surface area contributed by atoms with Gasteiger partial charge in [-0.05, 0) is 36.1 Å². The monoisotopic (exact) mass is 424 g/mol. The zero-order valence-electron chi connectivity index (χ0n) is 18.0. The lowest BCUT2D eigenvalue weighted by Crippen LogP contribution is -2.36. The van der Waals surface area contributed by atoms with E-state index in [9.17, 15) is 9.59 Å². The Bertz CT molecular complexity index is 1220. The van der Waals surface area contributed by atoms with Crippen LogP contribution < -0.4 is 9.64 Å². The van der Waals surface area contributed by atoms with Gasteiger partial charge in [0.05, 0.1) is 19.2 Å². The molecule has 0 fully saturated rings. The van der Waals surface area contributed by atoms with Gasteiger partial charge < -0.3 is 9.64 Å². The first-order chi connectivity index (χ1) is 15.7. The van der Waals surface area contributed by atoms with Gasteiger partial charge in [0.1, 0.15) is 11.4 Å². The summed E-state index contributed by atoms with van der Waals surface area (Å²) in [4.78, 5) is 30.8. The van der Waals surface area contributed by atoms with Crippen LogP contribution in [-0.2, 0) is 22.6 Å². The number of para-hydroxylation sites is 2. The Labute approximate surface area is 187 Å². The summed E-state index contributed by atoms with van der Waals surface area (Å²) >= 11 is 0. The number of anilines is 1. The normalized spacial score (nSPS) is 15.9. The Hall–Kier alpha value is -3.86. The molecule has 3 aromatic carbocycles. The van der Waals surface area contributed by atoms with Crippen molar-refractivity contribution in [3.05, 3.63) is 101 Å². The first kappa shape index (κ1) is 20.1. The Morgan fingerprint density at radius 2 is 1.56 bits per heavy atom. The van der Waals surface area contributed by atoms with Crippen molar-refractivity contribution in [2.75, 3.05) is 18.6 Å². The molecule has 5 nitrogen and oxygen atoms in total. The summed E-state index contributed by atoms with van der Waals surface area (Å²) in [6.45, 7) is 0.862. The Morgan fingerprint density at radius 3 is 2.38 bits per heavy atom. The third kappa shape index (κ3) is 3.36. The average Bonchev–Trinajstić information content (AvgIpc) is 3.09. The molecule has 32 heavy (non-hydrogen) atoms. The Kier molecular flexibility index (Phi) is 5.23. The molecule has 0 aliphatic carbocycles. The maximum absolute atomic E-state index is 13.8. The number of benzene rings is 3. The number of hydrogen-bond acceptors (Lipinski definition) is 4. The summed E-state index contributed by atoms with van der Waals surface area (Å²) < 4.78 is 5.45. The smallest absolute Gasteiger partial charge is 0.278 e. The van der Waals surface area contributed by atoms with Gasteiger partial charge in [-0.15, -0.1) is 0 Å². The molecule has 0 saturated carbocycles. The maximum Gasteiger partial charge on any atom is 0.278 e. The predicted molar refractivity (Wildman–Crippen MR) is 124 cm³/mol. The van der Waals surface area contributed by atoms with E-state index in [2.05, 4.69) is 6.07 Å². The summed E-state index contributed by atoms with van der Waals surface area (Å²) in [5.74, 6) is 0.118. The Balaban J connectivity index is 1.61. The number of fused-ring (bicyclic) bond motifs is 1. The standard InChI is InChI=1S/C27H24N2O3/c1-32-23-16-8-6-13-21(23)18-29-26(30)24(20-11-3-2-4-12-20)25(27(29)31)28-17-9-14-19-10-5-7-15-22(19)28/h2-8,10-13,15-16H,9,14,17-18H2,1H3. The summed E-state index contributed by atoms with van der Waals surface area (Å²) in [5.41, 5.74) is 4.67.